The van der Waals surface area contributed by atoms with Crippen LogP contribution < -0.4 is 4.90 Å². The molecule has 0 N–H and O–H groups in total. The van der Waals surface area contributed by atoms with Crippen LogP contribution in [0.5, 0.6) is 0 Å². The van der Waals surface area contributed by atoms with Crippen LogP contribution in [0.3, 0.4) is 0 Å². The van der Waals surface area contributed by atoms with Crippen molar-refractivity contribution in [2.24, 2.45) is 5.92 Å². The van der Waals surface area contributed by atoms with Crippen molar-refractivity contribution in [2.45, 2.75) is 19.8 Å². The van der Waals surface area contributed by atoms with Gasteiger partial charge in [0.1, 0.15) is 5.65 Å². The van der Waals surface area contributed by atoms with Crippen LogP contribution in [0.4, 0.5) is 5.69 Å². The number of aromatic nitrogens is 2. The molecule has 1 saturated heterocycles. The summed E-state index contributed by atoms with van der Waals surface area (Å²) in [7, 11) is 0. The maximum atomic E-state index is 5.03. The van der Waals surface area contributed by atoms with Crippen LogP contribution in [0.2, 0.25) is 0 Å². The average molecular weight is 525 g/mol. The summed E-state index contributed by atoms with van der Waals surface area (Å²) in [5.74, 6) is 0.813. The minimum absolute atomic E-state index is 0.813. The predicted molar refractivity (Wildman–Crippen MR) is 132 cm³/mol. The largest absolute Gasteiger partial charge is 0.370 e. The molecule has 0 amide bonds. The summed E-state index contributed by atoms with van der Waals surface area (Å²) >= 11 is 7.08. The summed E-state index contributed by atoms with van der Waals surface area (Å²) in [6.45, 7) is 4.58. The maximum absolute atomic E-state index is 5.03. The highest BCUT2D eigenvalue weighted by molar-refractivity contribution is 9.10. The second-order valence-corrected chi connectivity index (χ2v) is 9.98. The summed E-state index contributed by atoms with van der Waals surface area (Å²) < 4.78 is 4.36. The molecule has 2 aromatic carbocycles. The van der Waals surface area contributed by atoms with Crippen LogP contribution in [0.15, 0.2) is 75.9 Å². The first-order chi connectivity index (χ1) is 14.6. The average Bonchev–Trinajstić information content (AvgIpc) is 3.19. The van der Waals surface area contributed by atoms with Gasteiger partial charge in [-0.15, -0.1) is 0 Å². The Hall–Kier alpha value is -2.11. The monoisotopic (exact) mass is 523 g/mol. The molecular weight excluding hydrogens is 502 g/mol. The van der Waals surface area contributed by atoms with Gasteiger partial charge in [-0.3, -0.25) is 0 Å². The number of anilines is 1. The Morgan fingerprint density at radius 3 is 2.07 bits per heavy atom. The quantitative estimate of drug-likeness (QED) is 0.277. The van der Waals surface area contributed by atoms with Crippen LogP contribution in [0.25, 0.3) is 28.0 Å². The minimum Gasteiger partial charge on any atom is -0.370 e. The number of rotatable bonds is 3. The normalized spacial score (nSPS) is 15.1. The number of fused-ring (bicyclic) bond motifs is 1. The highest BCUT2D eigenvalue weighted by Gasteiger charge is 2.19. The molecule has 0 bridgehead atoms. The van der Waals surface area contributed by atoms with E-state index < -0.39 is 0 Å². The molecule has 1 fully saturated rings. The fourth-order valence-electron chi connectivity index (χ4n) is 4.12. The van der Waals surface area contributed by atoms with Crippen LogP contribution in [-0.4, -0.2) is 22.5 Å². The minimum atomic E-state index is 0.813. The molecule has 0 spiro atoms. The van der Waals surface area contributed by atoms with Gasteiger partial charge >= 0.3 is 0 Å². The molecule has 30 heavy (non-hydrogen) atoms. The SMILES string of the molecule is CC1CCN(c2cc(-c3ccc(Br)cc3)c3nc(-c4ccc(Br)cc4)cn3c2)CC1. The second kappa shape index (κ2) is 8.20. The van der Waals surface area contributed by atoms with Gasteiger partial charge in [0, 0.05) is 45.6 Å². The summed E-state index contributed by atoms with van der Waals surface area (Å²) in [5, 5.41) is 0. The fraction of sp³-hybridized carbons (Fsp3) is 0.240. The molecule has 0 saturated carbocycles. The third-order valence-electron chi connectivity index (χ3n) is 5.98. The molecule has 4 aromatic rings. The van der Waals surface area contributed by atoms with Crippen molar-refractivity contribution in [3.05, 3.63) is 75.9 Å². The summed E-state index contributed by atoms with van der Waals surface area (Å²) in [6.07, 6.45) is 6.89. The van der Waals surface area contributed by atoms with Crippen LogP contribution in [0, 0.1) is 5.92 Å². The molecular formula is C25H23Br2N3. The van der Waals surface area contributed by atoms with Gasteiger partial charge in [0.2, 0.25) is 0 Å². The standard InChI is InChI=1S/C25H23Br2N3/c1-17-10-12-29(13-11-17)22-14-23(18-2-6-20(26)7-3-18)25-28-24(16-30(25)15-22)19-4-8-21(27)9-5-19/h2-9,14-17H,10-13H2,1H3. The van der Waals surface area contributed by atoms with Crippen molar-refractivity contribution >= 4 is 43.2 Å². The molecule has 3 heterocycles. The van der Waals surface area contributed by atoms with Gasteiger partial charge in [-0.05, 0) is 54.7 Å². The van der Waals surface area contributed by atoms with Gasteiger partial charge in [0.25, 0.3) is 0 Å². The fourth-order valence-corrected chi connectivity index (χ4v) is 4.65. The van der Waals surface area contributed by atoms with E-state index in [-0.39, 0.29) is 0 Å². The lowest BCUT2D eigenvalue weighted by Crippen LogP contribution is -2.32. The van der Waals surface area contributed by atoms with Crippen molar-refractivity contribution in [1.29, 1.82) is 0 Å². The van der Waals surface area contributed by atoms with Gasteiger partial charge in [-0.1, -0.05) is 63.0 Å². The van der Waals surface area contributed by atoms with Crippen molar-refractivity contribution in [1.82, 2.24) is 9.38 Å². The summed E-state index contributed by atoms with van der Waals surface area (Å²) in [5.41, 5.74) is 6.73. The molecule has 5 heteroatoms. The third-order valence-corrected chi connectivity index (χ3v) is 7.04. The molecule has 0 aliphatic carbocycles. The molecule has 1 aliphatic heterocycles. The molecule has 0 radical (unpaired) electrons. The number of nitrogens with zero attached hydrogens (tertiary/aromatic N) is 3. The highest BCUT2D eigenvalue weighted by atomic mass is 79.9. The van der Waals surface area contributed by atoms with Crippen molar-refractivity contribution in [3.63, 3.8) is 0 Å². The summed E-state index contributed by atoms with van der Waals surface area (Å²) in [4.78, 5) is 7.54. The first kappa shape index (κ1) is 19.8. The van der Waals surface area contributed by atoms with E-state index in [0.29, 0.717) is 0 Å². The molecule has 3 nitrogen and oxygen atoms in total. The number of halogens is 2. The number of hydrogen-bond donors (Lipinski definition) is 0. The smallest absolute Gasteiger partial charge is 0.145 e. The van der Waals surface area contributed by atoms with Crippen molar-refractivity contribution in [3.8, 4) is 22.4 Å². The Kier molecular flexibility index (Phi) is 5.42. The maximum Gasteiger partial charge on any atom is 0.145 e. The molecule has 152 valence electrons. The van der Waals surface area contributed by atoms with E-state index >= 15 is 0 Å². The molecule has 5 rings (SSSR count). The molecule has 2 aromatic heterocycles. The second-order valence-electron chi connectivity index (χ2n) is 8.15. The lowest BCUT2D eigenvalue weighted by atomic mass is 9.98. The van der Waals surface area contributed by atoms with Crippen molar-refractivity contribution < 1.29 is 0 Å². The first-order valence-electron chi connectivity index (χ1n) is 10.4. The van der Waals surface area contributed by atoms with E-state index in [4.69, 9.17) is 4.98 Å². The lowest BCUT2D eigenvalue weighted by molar-refractivity contribution is 0.438. The van der Waals surface area contributed by atoms with E-state index in [1.54, 1.807) is 0 Å². The topological polar surface area (TPSA) is 20.5 Å². The third kappa shape index (κ3) is 3.93. The zero-order valence-electron chi connectivity index (χ0n) is 16.9. The van der Waals surface area contributed by atoms with Crippen LogP contribution in [0.1, 0.15) is 19.8 Å². The zero-order chi connectivity index (χ0) is 20.7. The number of hydrogen-bond acceptors (Lipinski definition) is 2. The van der Waals surface area contributed by atoms with E-state index in [9.17, 15) is 0 Å². The molecule has 0 atom stereocenters. The van der Waals surface area contributed by atoms with Gasteiger partial charge in [-0.2, -0.15) is 0 Å². The molecule has 1 aliphatic rings. The van der Waals surface area contributed by atoms with Gasteiger partial charge in [-0.25, -0.2) is 4.98 Å². The van der Waals surface area contributed by atoms with Crippen LogP contribution in [-0.2, 0) is 0 Å². The summed E-state index contributed by atoms with van der Waals surface area (Å²) in [6, 6.07) is 19.2. The number of piperidine rings is 1. The number of benzene rings is 2. The molecule has 0 unspecified atom stereocenters. The highest BCUT2D eigenvalue weighted by Crippen LogP contribution is 2.33. The van der Waals surface area contributed by atoms with Gasteiger partial charge in [0.05, 0.1) is 11.4 Å². The van der Waals surface area contributed by atoms with E-state index in [2.05, 4.69) is 115 Å². The zero-order valence-corrected chi connectivity index (χ0v) is 20.0. The Morgan fingerprint density at radius 2 is 1.43 bits per heavy atom. The Labute approximate surface area is 194 Å². The first-order valence-corrected chi connectivity index (χ1v) is 11.9. The van der Waals surface area contributed by atoms with Crippen LogP contribution >= 0.6 is 31.9 Å². The van der Waals surface area contributed by atoms with Crippen molar-refractivity contribution in [2.75, 3.05) is 18.0 Å². The number of pyridine rings is 1. The Balaban J connectivity index is 1.65. The predicted octanol–water partition coefficient (Wildman–Crippen LogP) is 7.43. The number of imidazole rings is 1. The Morgan fingerprint density at radius 1 is 0.833 bits per heavy atom. The Bertz CT molecular complexity index is 1170. The van der Waals surface area contributed by atoms with Gasteiger partial charge < -0.3 is 9.30 Å². The van der Waals surface area contributed by atoms with E-state index in [1.165, 1.54) is 29.7 Å². The van der Waals surface area contributed by atoms with E-state index in [1.807, 2.05) is 0 Å². The lowest BCUT2D eigenvalue weighted by Gasteiger charge is -2.32. The van der Waals surface area contributed by atoms with E-state index in [0.717, 1.165) is 44.9 Å². The van der Waals surface area contributed by atoms with Gasteiger partial charge in [0.15, 0.2) is 0 Å².